The van der Waals surface area contributed by atoms with Gasteiger partial charge < -0.3 is 10.0 Å². The zero-order chi connectivity index (χ0) is 11.7. The molecule has 2 rings (SSSR count). The molecule has 0 aliphatic rings. The molecule has 82 valence electrons. The predicted molar refractivity (Wildman–Crippen MR) is 63.0 cm³/mol. The second-order valence-electron chi connectivity index (χ2n) is 3.74. The van der Waals surface area contributed by atoms with Gasteiger partial charge in [-0.2, -0.15) is 0 Å². The van der Waals surface area contributed by atoms with E-state index in [4.69, 9.17) is 5.11 Å². The Labute approximate surface area is 93.1 Å². The fourth-order valence-electron chi connectivity index (χ4n) is 1.73. The van der Waals surface area contributed by atoms with Gasteiger partial charge in [0.15, 0.2) is 0 Å². The van der Waals surface area contributed by atoms with Gasteiger partial charge in [-0.3, -0.25) is 0 Å². The number of carboxylic acid groups (broad SMARTS) is 1. The Kier molecular flexibility index (Phi) is 2.48. The SMILES string of the molecule is CN(C)c1nccc2cccc(C(=O)O)c12. The number of hydrogen-bond acceptors (Lipinski definition) is 3. The number of fused-ring (bicyclic) bond motifs is 1. The summed E-state index contributed by atoms with van der Waals surface area (Å²) in [6.07, 6.45) is 1.68. The number of pyridine rings is 1. The zero-order valence-electron chi connectivity index (χ0n) is 9.14. The van der Waals surface area contributed by atoms with Crippen molar-refractivity contribution in [1.82, 2.24) is 4.98 Å². The first-order valence-electron chi connectivity index (χ1n) is 4.89. The minimum absolute atomic E-state index is 0.286. The Morgan fingerprint density at radius 3 is 2.69 bits per heavy atom. The molecule has 1 aromatic heterocycles. The topological polar surface area (TPSA) is 53.4 Å². The Hall–Kier alpha value is -2.10. The molecule has 0 saturated heterocycles. The van der Waals surface area contributed by atoms with Crippen LogP contribution in [0, 0.1) is 0 Å². The largest absolute Gasteiger partial charge is 0.478 e. The predicted octanol–water partition coefficient (Wildman–Crippen LogP) is 2.00. The molecule has 0 spiro atoms. The lowest BCUT2D eigenvalue weighted by molar-refractivity contribution is 0.0699. The molecule has 1 aromatic carbocycles. The second kappa shape index (κ2) is 3.81. The van der Waals surface area contributed by atoms with E-state index in [-0.39, 0.29) is 5.56 Å². The lowest BCUT2D eigenvalue weighted by Crippen LogP contribution is -2.12. The molecule has 0 unspecified atom stereocenters. The first-order valence-corrected chi connectivity index (χ1v) is 4.89. The maximum absolute atomic E-state index is 11.1. The van der Waals surface area contributed by atoms with Gasteiger partial charge in [0.1, 0.15) is 5.82 Å². The summed E-state index contributed by atoms with van der Waals surface area (Å²) in [6.45, 7) is 0. The van der Waals surface area contributed by atoms with Crippen LogP contribution < -0.4 is 4.90 Å². The normalized spacial score (nSPS) is 10.4. The third-order valence-corrected chi connectivity index (χ3v) is 2.43. The highest BCUT2D eigenvalue weighted by Gasteiger charge is 2.13. The van der Waals surface area contributed by atoms with Crippen molar-refractivity contribution < 1.29 is 9.90 Å². The fraction of sp³-hybridized carbons (Fsp3) is 0.167. The molecule has 1 N–H and O–H groups in total. The van der Waals surface area contributed by atoms with Crippen LogP contribution in [0.1, 0.15) is 10.4 Å². The lowest BCUT2D eigenvalue weighted by Gasteiger charge is -2.15. The first-order chi connectivity index (χ1) is 7.61. The zero-order valence-corrected chi connectivity index (χ0v) is 9.14. The number of aromatic nitrogens is 1. The van der Waals surface area contributed by atoms with Gasteiger partial charge in [-0.15, -0.1) is 0 Å². The molecule has 0 fully saturated rings. The van der Waals surface area contributed by atoms with Crippen LogP contribution in [0.2, 0.25) is 0 Å². The molecule has 4 nitrogen and oxygen atoms in total. The van der Waals surface area contributed by atoms with E-state index in [0.717, 1.165) is 5.39 Å². The van der Waals surface area contributed by atoms with Gasteiger partial charge in [-0.05, 0) is 17.5 Å². The summed E-state index contributed by atoms with van der Waals surface area (Å²) in [6, 6.07) is 7.04. The maximum atomic E-state index is 11.1. The molecule has 0 amide bonds. The van der Waals surface area contributed by atoms with Crippen LogP contribution in [0.5, 0.6) is 0 Å². The first kappa shape index (κ1) is 10.4. The highest BCUT2D eigenvalue weighted by atomic mass is 16.4. The summed E-state index contributed by atoms with van der Waals surface area (Å²) < 4.78 is 0. The average molecular weight is 216 g/mol. The maximum Gasteiger partial charge on any atom is 0.336 e. The monoisotopic (exact) mass is 216 g/mol. The van der Waals surface area contributed by atoms with E-state index in [1.54, 1.807) is 18.3 Å². The molecule has 16 heavy (non-hydrogen) atoms. The number of rotatable bonds is 2. The van der Waals surface area contributed by atoms with Crippen molar-refractivity contribution in [2.45, 2.75) is 0 Å². The number of benzene rings is 1. The molecule has 1 heterocycles. The molecule has 0 aliphatic heterocycles. The smallest absolute Gasteiger partial charge is 0.336 e. The Morgan fingerprint density at radius 1 is 1.31 bits per heavy atom. The van der Waals surface area contributed by atoms with Gasteiger partial charge in [0.25, 0.3) is 0 Å². The van der Waals surface area contributed by atoms with Crippen LogP contribution in [0.4, 0.5) is 5.82 Å². The van der Waals surface area contributed by atoms with Crippen molar-refractivity contribution in [3.63, 3.8) is 0 Å². The summed E-state index contributed by atoms with van der Waals surface area (Å²) >= 11 is 0. The highest BCUT2D eigenvalue weighted by molar-refractivity contribution is 6.08. The third kappa shape index (κ3) is 1.58. The Morgan fingerprint density at radius 2 is 2.06 bits per heavy atom. The molecule has 0 bridgehead atoms. The van der Waals surface area contributed by atoms with Crippen molar-refractivity contribution >= 4 is 22.6 Å². The van der Waals surface area contributed by atoms with E-state index in [1.807, 2.05) is 31.1 Å². The lowest BCUT2D eigenvalue weighted by atomic mass is 10.1. The summed E-state index contributed by atoms with van der Waals surface area (Å²) in [4.78, 5) is 17.2. The van der Waals surface area contributed by atoms with E-state index in [0.29, 0.717) is 11.2 Å². The van der Waals surface area contributed by atoms with Crippen molar-refractivity contribution in [1.29, 1.82) is 0 Å². The van der Waals surface area contributed by atoms with Crippen molar-refractivity contribution in [2.24, 2.45) is 0 Å². The molecule has 4 heteroatoms. The van der Waals surface area contributed by atoms with Crippen LogP contribution in [0.3, 0.4) is 0 Å². The van der Waals surface area contributed by atoms with Crippen molar-refractivity contribution in [2.75, 3.05) is 19.0 Å². The number of hydrogen-bond donors (Lipinski definition) is 1. The van der Waals surface area contributed by atoms with Crippen LogP contribution in [-0.2, 0) is 0 Å². The van der Waals surface area contributed by atoms with Gasteiger partial charge >= 0.3 is 5.97 Å². The molecular weight excluding hydrogens is 204 g/mol. The number of nitrogens with zero attached hydrogens (tertiary/aromatic N) is 2. The van der Waals surface area contributed by atoms with E-state index >= 15 is 0 Å². The number of carbonyl (C=O) groups is 1. The standard InChI is InChI=1S/C12H12N2O2/c1-14(2)11-10-8(6-7-13-11)4-3-5-9(10)12(15)16/h3-7H,1-2H3,(H,15,16). The second-order valence-corrected chi connectivity index (χ2v) is 3.74. The average Bonchev–Trinajstić information content (AvgIpc) is 2.27. The molecular formula is C12H12N2O2. The number of anilines is 1. The summed E-state index contributed by atoms with van der Waals surface area (Å²) in [5.74, 6) is -0.253. The van der Waals surface area contributed by atoms with Crippen LogP contribution in [0.15, 0.2) is 30.5 Å². The molecule has 0 radical (unpaired) electrons. The van der Waals surface area contributed by atoms with E-state index in [9.17, 15) is 4.79 Å². The van der Waals surface area contributed by atoms with Crippen LogP contribution in [0.25, 0.3) is 10.8 Å². The van der Waals surface area contributed by atoms with Gasteiger partial charge in [0.05, 0.1) is 5.56 Å². The molecule has 0 aliphatic carbocycles. The van der Waals surface area contributed by atoms with Crippen LogP contribution >= 0.6 is 0 Å². The Bertz CT molecular complexity index is 544. The van der Waals surface area contributed by atoms with E-state index in [1.165, 1.54) is 0 Å². The minimum atomic E-state index is -0.929. The highest BCUT2D eigenvalue weighted by Crippen LogP contribution is 2.26. The van der Waals surface area contributed by atoms with Gasteiger partial charge in [0, 0.05) is 25.7 Å². The van der Waals surface area contributed by atoms with E-state index < -0.39 is 5.97 Å². The fourth-order valence-corrected chi connectivity index (χ4v) is 1.73. The minimum Gasteiger partial charge on any atom is -0.478 e. The van der Waals surface area contributed by atoms with Gasteiger partial charge in [-0.25, -0.2) is 9.78 Å². The van der Waals surface area contributed by atoms with E-state index in [2.05, 4.69) is 4.98 Å². The quantitative estimate of drug-likeness (QED) is 0.834. The van der Waals surface area contributed by atoms with Crippen LogP contribution in [-0.4, -0.2) is 30.2 Å². The molecule has 0 atom stereocenters. The third-order valence-electron chi connectivity index (χ3n) is 2.43. The van der Waals surface area contributed by atoms with Crippen molar-refractivity contribution in [3.8, 4) is 0 Å². The Balaban J connectivity index is 2.87. The molecule has 2 aromatic rings. The number of carboxylic acids is 1. The summed E-state index contributed by atoms with van der Waals surface area (Å²) in [5.41, 5.74) is 0.286. The van der Waals surface area contributed by atoms with Gasteiger partial charge in [0.2, 0.25) is 0 Å². The molecule has 0 saturated carbocycles. The summed E-state index contributed by atoms with van der Waals surface area (Å²) in [5, 5.41) is 10.7. The summed E-state index contributed by atoms with van der Waals surface area (Å²) in [7, 11) is 3.70. The number of aromatic carboxylic acids is 1. The van der Waals surface area contributed by atoms with Gasteiger partial charge in [-0.1, -0.05) is 12.1 Å². The van der Waals surface area contributed by atoms with Crippen molar-refractivity contribution in [3.05, 3.63) is 36.0 Å².